The fourth-order valence-corrected chi connectivity index (χ4v) is 1.41. The molecule has 0 aromatic rings. The summed E-state index contributed by atoms with van der Waals surface area (Å²) in [6, 6.07) is 0. The molecule has 0 unspecified atom stereocenters. The molecule has 6 nitrogen and oxygen atoms in total. The van der Waals surface area contributed by atoms with Gasteiger partial charge in [0.05, 0.1) is 6.61 Å². The van der Waals surface area contributed by atoms with E-state index in [0.717, 1.165) is 6.42 Å². The van der Waals surface area contributed by atoms with Gasteiger partial charge in [-0.15, -0.1) is 0 Å². The molecule has 0 amide bonds. The first kappa shape index (κ1) is 12.8. The Balaban J connectivity index is 2.43. The van der Waals surface area contributed by atoms with Gasteiger partial charge in [-0.3, -0.25) is 0 Å². The van der Waals surface area contributed by atoms with Crippen LogP contribution in [0.3, 0.4) is 0 Å². The third-order valence-electron chi connectivity index (χ3n) is 2.32. The van der Waals surface area contributed by atoms with Crippen molar-refractivity contribution >= 4 is 0 Å². The highest BCUT2D eigenvalue weighted by Gasteiger charge is 2.42. The van der Waals surface area contributed by atoms with Crippen molar-refractivity contribution in [2.24, 2.45) is 0 Å². The minimum Gasteiger partial charge on any atom is -0.387 e. The van der Waals surface area contributed by atoms with Crippen molar-refractivity contribution in [1.82, 2.24) is 0 Å². The molecule has 0 spiro atoms. The molecule has 0 aromatic heterocycles. The van der Waals surface area contributed by atoms with Crippen LogP contribution in [0.25, 0.3) is 0 Å². The van der Waals surface area contributed by atoms with Crippen LogP contribution in [0.1, 0.15) is 13.3 Å². The number of rotatable bonds is 4. The van der Waals surface area contributed by atoms with Crippen LogP contribution in [0.4, 0.5) is 0 Å². The second-order valence-electron chi connectivity index (χ2n) is 3.61. The summed E-state index contributed by atoms with van der Waals surface area (Å²) < 4.78 is 10.0. The Kier molecular flexibility index (Phi) is 4.91. The molecule has 90 valence electrons. The van der Waals surface area contributed by atoms with Crippen LogP contribution in [0.15, 0.2) is 0 Å². The highest BCUT2D eigenvalue weighted by molar-refractivity contribution is 4.88. The number of hydrogen-bond acceptors (Lipinski definition) is 6. The Labute approximate surface area is 88.1 Å². The summed E-state index contributed by atoms with van der Waals surface area (Å²) in [5.74, 6) is 0. The normalized spacial score (nSPS) is 41.8. The van der Waals surface area contributed by atoms with Gasteiger partial charge in [-0.2, -0.15) is 0 Å². The molecule has 15 heavy (non-hydrogen) atoms. The molecule has 1 heterocycles. The zero-order chi connectivity index (χ0) is 11.4. The van der Waals surface area contributed by atoms with Crippen LogP contribution < -0.4 is 0 Å². The van der Waals surface area contributed by atoms with E-state index in [4.69, 9.17) is 9.47 Å². The van der Waals surface area contributed by atoms with Crippen LogP contribution in [0, 0.1) is 0 Å². The Morgan fingerprint density at radius 1 is 1.07 bits per heavy atom. The van der Waals surface area contributed by atoms with Gasteiger partial charge in [0, 0.05) is 6.61 Å². The molecule has 1 rings (SSSR count). The van der Waals surface area contributed by atoms with Crippen molar-refractivity contribution in [2.45, 2.75) is 44.1 Å². The van der Waals surface area contributed by atoms with Crippen LogP contribution in [0.2, 0.25) is 0 Å². The SMILES string of the molecule is CCCOC[C@H]1O[C@H](O)[C@H](O)[C@@H](O)[C@H]1O. The zero-order valence-electron chi connectivity index (χ0n) is 8.61. The first-order valence-electron chi connectivity index (χ1n) is 5.03. The van der Waals surface area contributed by atoms with E-state index in [1.807, 2.05) is 6.92 Å². The van der Waals surface area contributed by atoms with E-state index in [2.05, 4.69) is 0 Å². The van der Waals surface area contributed by atoms with Gasteiger partial charge < -0.3 is 29.9 Å². The third-order valence-corrected chi connectivity index (χ3v) is 2.32. The molecule has 0 aliphatic carbocycles. The molecular weight excluding hydrogens is 204 g/mol. The molecule has 1 saturated heterocycles. The quantitative estimate of drug-likeness (QED) is 0.419. The van der Waals surface area contributed by atoms with Gasteiger partial charge in [0.25, 0.3) is 0 Å². The maximum atomic E-state index is 9.50. The van der Waals surface area contributed by atoms with Gasteiger partial charge in [-0.25, -0.2) is 0 Å². The Hall–Kier alpha value is -0.240. The molecule has 0 saturated carbocycles. The Morgan fingerprint density at radius 3 is 2.33 bits per heavy atom. The Morgan fingerprint density at radius 2 is 1.73 bits per heavy atom. The topological polar surface area (TPSA) is 99.4 Å². The average molecular weight is 222 g/mol. The van der Waals surface area contributed by atoms with Crippen LogP contribution >= 0.6 is 0 Å². The number of aliphatic hydroxyl groups is 4. The molecule has 1 fully saturated rings. The number of ether oxygens (including phenoxy) is 2. The molecule has 1 aliphatic rings. The maximum absolute atomic E-state index is 9.50. The summed E-state index contributed by atoms with van der Waals surface area (Å²) in [5, 5.41) is 37.2. The smallest absolute Gasteiger partial charge is 0.184 e. The highest BCUT2D eigenvalue weighted by atomic mass is 16.6. The number of hydrogen-bond donors (Lipinski definition) is 4. The van der Waals surface area contributed by atoms with E-state index >= 15 is 0 Å². The molecule has 0 aromatic carbocycles. The van der Waals surface area contributed by atoms with Crippen molar-refractivity contribution in [1.29, 1.82) is 0 Å². The van der Waals surface area contributed by atoms with Gasteiger partial charge in [0.1, 0.15) is 24.4 Å². The fourth-order valence-electron chi connectivity index (χ4n) is 1.41. The lowest BCUT2D eigenvalue weighted by Gasteiger charge is -2.38. The average Bonchev–Trinajstić information content (AvgIpc) is 2.23. The van der Waals surface area contributed by atoms with E-state index in [9.17, 15) is 20.4 Å². The Bertz CT molecular complexity index is 187. The summed E-state index contributed by atoms with van der Waals surface area (Å²) in [6.45, 7) is 2.53. The lowest BCUT2D eigenvalue weighted by Crippen LogP contribution is -2.58. The molecule has 0 radical (unpaired) electrons. The van der Waals surface area contributed by atoms with Crippen LogP contribution in [-0.2, 0) is 9.47 Å². The van der Waals surface area contributed by atoms with E-state index in [1.165, 1.54) is 0 Å². The summed E-state index contributed by atoms with van der Waals surface area (Å²) in [5.41, 5.74) is 0. The molecule has 4 N–H and O–H groups in total. The third kappa shape index (κ3) is 3.10. The minimum atomic E-state index is -1.49. The van der Waals surface area contributed by atoms with Crippen molar-refractivity contribution in [3.8, 4) is 0 Å². The largest absolute Gasteiger partial charge is 0.387 e. The molecule has 0 bridgehead atoms. The summed E-state index contributed by atoms with van der Waals surface area (Å²) >= 11 is 0. The summed E-state index contributed by atoms with van der Waals surface area (Å²) in [7, 11) is 0. The van der Waals surface area contributed by atoms with Crippen LogP contribution in [-0.4, -0.2) is 64.3 Å². The second-order valence-corrected chi connectivity index (χ2v) is 3.61. The van der Waals surface area contributed by atoms with E-state index < -0.39 is 30.7 Å². The monoisotopic (exact) mass is 222 g/mol. The lowest BCUT2D eigenvalue weighted by molar-refractivity contribution is -0.288. The van der Waals surface area contributed by atoms with Gasteiger partial charge in [-0.1, -0.05) is 6.92 Å². The van der Waals surface area contributed by atoms with E-state index in [0.29, 0.717) is 6.61 Å². The van der Waals surface area contributed by atoms with E-state index in [1.54, 1.807) is 0 Å². The predicted molar refractivity (Wildman–Crippen MR) is 50.0 cm³/mol. The zero-order valence-corrected chi connectivity index (χ0v) is 8.61. The molecular formula is C9H18O6. The summed E-state index contributed by atoms with van der Waals surface area (Å²) in [6.07, 6.45) is -5.62. The maximum Gasteiger partial charge on any atom is 0.184 e. The molecule has 6 heteroatoms. The van der Waals surface area contributed by atoms with Gasteiger partial charge in [-0.05, 0) is 6.42 Å². The molecule has 1 aliphatic heterocycles. The number of aliphatic hydroxyl groups excluding tert-OH is 4. The predicted octanol–water partition coefficient (Wildman–Crippen LogP) is -1.79. The van der Waals surface area contributed by atoms with Crippen molar-refractivity contribution < 1.29 is 29.9 Å². The first-order chi connectivity index (χ1) is 7.07. The van der Waals surface area contributed by atoms with Crippen molar-refractivity contribution in [2.75, 3.05) is 13.2 Å². The van der Waals surface area contributed by atoms with Crippen molar-refractivity contribution in [3.63, 3.8) is 0 Å². The van der Waals surface area contributed by atoms with Gasteiger partial charge >= 0.3 is 0 Å². The first-order valence-corrected chi connectivity index (χ1v) is 5.03. The van der Waals surface area contributed by atoms with E-state index in [-0.39, 0.29) is 6.61 Å². The lowest BCUT2D eigenvalue weighted by atomic mass is 9.99. The molecule has 5 atom stereocenters. The minimum absolute atomic E-state index is 0.0792. The van der Waals surface area contributed by atoms with Gasteiger partial charge in [0.2, 0.25) is 0 Å². The second kappa shape index (κ2) is 5.74. The van der Waals surface area contributed by atoms with Gasteiger partial charge in [0.15, 0.2) is 6.29 Å². The fraction of sp³-hybridized carbons (Fsp3) is 1.00. The van der Waals surface area contributed by atoms with Crippen molar-refractivity contribution in [3.05, 3.63) is 0 Å². The summed E-state index contributed by atoms with van der Waals surface area (Å²) in [4.78, 5) is 0. The standard InChI is InChI=1S/C9H18O6/c1-2-3-14-4-5-6(10)7(11)8(12)9(13)15-5/h5-13H,2-4H2,1H3/t5-,6+,7+,8-,9+/m1/s1. The highest BCUT2D eigenvalue weighted by Crippen LogP contribution is 2.19. The van der Waals surface area contributed by atoms with Crippen LogP contribution in [0.5, 0.6) is 0 Å².